The molecule has 138 valence electrons. The predicted octanol–water partition coefficient (Wildman–Crippen LogP) is 2.97. The topological polar surface area (TPSA) is 75.4 Å². The van der Waals surface area contributed by atoms with Crippen LogP contribution in [-0.2, 0) is 16.6 Å². The summed E-state index contributed by atoms with van der Waals surface area (Å²) in [7, 11) is -3.55. The maximum Gasteiger partial charge on any atom is 0.252 e. The van der Waals surface area contributed by atoms with Crippen LogP contribution in [0.4, 0.5) is 0 Å². The van der Waals surface area contributed by atoms with Crippen LogP contribution >= 0.6 is 22.9 Å². The van der Waals surface area contributed by atoms with E-state index < -0.39 is 15.6 Å². The number of piperidine rings is 1. The second kappa shape index (κ2) is 6.61. The van der Waals surface area contributed by atoms with Gasteiger partial charge in [-0.25, -0.2) is 8.42 Å². The SMILES string of the molecule is O=S(=O)(c1ccc(Cl)s1)N1CCC(O)(Cn2ccc3ccncc32)CC1. The maximum atomic E-state index is 12.7. The fraction of sp³-hybridized carbons (Fsp3) is 0.353. The number of hydrogen-bond acceptors (Lipinski definition) is 5. The van der Waals surface area contributed by atoms with Crippen molar-refractivity contribution < 1.29 is 13.5 Å². The lowest BCUT2D eigenvalue weighted by molar-refractivity contribution is -0.0184. The fourth-order valence-corrected chi connectivity index (χ4v) is 6.43. The largest absolute Gasteiger partial charge is 0.388 e. The fourth-order valence-electron chi connectivity index (χ4n) is 3.35. The minimum absolute atomic E-state index is 0.246. The van der Waals surface area contributed by atoms with Gasteiger partial charge in [-0.1, -0.05) is 11.6 Å². The smallest absolute Gasteiger partial charge is 0.252 e. The monoisotopic (exact) mass is 411 g/mol. The van der Waals surface area contributed by atoms with E-state index in [2.05, 4.69) is 4.98 Å². The Morgan fingerprint density at radius 2 is 2.00 bits per heavy atom. The van der Waals surface area contributed by atoms with Gasteiger partial charge >= 0.3 is 0 Å². The molecule has 0 spiro atoms. The molecule has 1 fully saturated rings. The number of rotatable bonds is 4. The highest BCUT2D eigenvalue weighted by Gasteiger charge is 2.38. The van der Waals surface area contributed by atoms with Crippen molar-refractivity contribution in [2.45, 2.75) is 29.2 Å². The second-order valence-electron chi connectivity index (χ2n) is 6.57. The molecule has 0 bridgehead atoms. The van der Waals surface area contributed by atoms with Crippen molar-refractivity contribution in [2.75, 3.05) is 13.1 Å². The Kier molecular flexibility index (Phi) is 4.56. The van der Waals surface area contributed by atoms with Gasteiger partial charge in [0.25, 0.3) is 10.0 Å². The number of fused-ring (bicyclic) bond motifs is 1. The number of nitrogens with zero attached hydrogens (tertiary/aromatic N) is 3. The Bertz CT molecular complexity index is 1040. The van der Waals surface area contributed by atoms with Gasteiger partial charge in [0.15, 0.2) is 0 Å². The highest BCUT2D eigenvalue weighted by Crippen LogP contribution is 2.32. The number of hydrogen-bond donors (Lipinski definition) is 1. The molecule has 0 saturated carbocycles. The molecule has 0 unspecified atom stereocenters. The average Bonchev–Trinajstić information content (AvgIpc) is 3.22. The summed E-state index contributed by atoms with van der Waals surface area (Å²) in [5.41, 5.74) is 0.0187. The first-order valence-corrected chi connectivity index (χ1v) is 10.9. The highest BCUT2D eigenvalue weighted by molar-refractivity contribution is 7.91. The summed E-state index contributed by atoms with van der Waals surface area (Å²) in [6.45, 7) is 0.985. The van der Waals surface area contributed by atoms with Gasteiger partial charge in [0.2, 0.25) is 0 Å². The first-order chi connectivity index (χ1) is 12.4. The molecule has 3 aromatic heterocycles. The Morgan fingerprint density at radius 1 is 1.23 bits per heavy atom. The summed E-state index contributed by atoms with van der Waals surface area (Å²) >= 11 is 6.92. The Labute approximate surface area is 160 Å². The van der Waals surface area contributed by atoms with E-state index in [1.165, 1.54) is 10.4 Å². The summed E-state index contributed by atoms with van der Waals surface area (Å²) in [5.74, 6) is 0. The lowest BCUT2D eigenvalue weighted by Gasteiger charge is -2.37. The van der Waals surface area contributed by atoms with E-state index in [4.69, 9.17) is 11.6 Å². The van der Waals surface area contributed by atoms with Gasteiger partial charge in [0.05, 0.1) is 28.2 Å². The third-order valence-corrected chi connectivity index (χ3v) is 8.43. The molecule has 0 atom stereocenters. The molecule has 3 aromatic rings. The minimum Gasteiger partial charge on any atom is -0.388 e. The van der Waals surface area contributed by atoms with Gasteiger partial charge in [0.1, 0.15) is 4.21 Å². The van der Waals surface area contributed by atoms with Crippen LogP contribution in [-0.4, -0.2) is 46.1 Å². The van der Waals surface area contributed by atoms with Gasteiger partial charge in [-0.3, -0.25) is 4.98 Å². The number of thiophene rings is 1. The number of pyridine rings is 1. The van der Waals surface area contributed by atoms with Crippen LogP contribution in [0.25, 0.3) is 10.9 Å². The van der Waals surface area contributed by atoms with Gasteiger partial charge in [-0.2, -0.15) is 4.31 Å². The molecule has 1 saturated heterocycles. The van der Waals surface area contributed by atoms with E-state index in [1.54, 1.807) is 18.5 Å². The van der Waals surface area contributed by atoms with Crippen LogP contribution in [0.3, 0.4) is 0 Å². The molecule has 0 aliphatic carbocycles. The zero-order chi connectivity index (χ0) is 18.4. The molecule has 4 heterocycles. The zero-order valence-corrected chi connectivity index (χ0v) is 16.3. The van der Waals surface area contributed by atoms with Gasteiger partial charge < -0.3 is 9.67 Å². The number of sulfonamides is 1. The number of halogens is 1. The van der Waals surface area contributed by atoms with Crippen LogP contribution in [0, 0.1) is 0 Å². The van der Waals surface area contributed by atoms with Crippen LogP contribution in [0.2, 0.25) is 4.34 Å². The number of aliphatic hydroxyl groups is 1. The van der Waals surface area contributed by atoms with Crippen molar-refractivity contribution in [3.8, 4) is 0 Å². The average molecular weight is 412 g/mol. The lowest BCUT2D eigenvalue weighted by Crippen LogP contribution is -2.48. The van der Waals surface area contributed by atoms with Crippen LogP contribution in [0.15, 0.2) is 47.1 Å². The number of aromatic nitrogens is 2. The Morgan fingerprint density at radius 3 is 2.69 bits per heavy atom. The Hall–Kier alpha value is -1.45. The van der Waals surface area contributed by atoms with E-state index in [0.29, 0.717) is 23.7 Å². The van der Waals surface area contributed by atoms with Crippen molar-refractivity contribution in [3.05, 3.63) is 47.2 Å². The third-order valence-electron chi connectivity index (χ3n) is 4.84. The standard InChI is InChI=1S/C17H18ClN3O3S2/c18-15-1-2-16(25-15)26(23,24)21-9-5-17(22,6-10-21)12-20-8-4-13-3-7-19-11-14(13)20/h1-4,7-8,11,22H,5-6,9-10,12H2. The molecule has 26 heavy (non-hydrogen) atoms. The van der Waals surface area contributed by atoms with Gasteiger partial charge in [-0.15, -0.1) is 11.3 Å². The summed E-state index contributed by atoms with van der Waals surface area (Å²) < 4.78 is 29.5. The van der Waals surface area contributed by atoms with Crippen molar-refractivity contribution in [2.24, 2.45) is 0 Å². The molecule has 1 N–H and O–H groups in total. The van der Waals surface area contributed by atoms with Gasteiger partial charge in [-0.05, 0) is 37.1 Å². The highest BCUT2D eigenvalue weighted by atomic mass is 35.5. The molecule has 1 aliphatic heterocycles. The quantitative estimate of drug-likeness (QED) is 0.716. The summed E-state index contributed by atoms with van der Waals surface area (Å²) in [6, 6.07) is 7.03. The molecular formula is C17H18ClN3O3S2. The van der Waals surface area contributed by atoms with Crippen LogP contribution < -0.4 is 0 Å². The lowest BCUT2D eigenvalue weighted by atomic mass is 9.92. The van der Waals surface area contributed by atoms with Crippen molar-refractivity contribution >= 4 is 43.9 Å². The first kappa shape index (κ1) is 17.9. The predicted molar refractivity (Wildman–Crippen MR) is 102 cm³/mol. The molecule has 0 amide bonds. The summed E-state index contributed by atoms with van der Waals surface area (Å²) in [5, 5.41) is 12.0. The maximum absolute atomic E-state index is 12.7. The summed E-state index contributed by atoms with van der Waals surface area (Å²) in [4.78, 5) is 4.14. The molecule has 0 radical (unpaired) electrons. The van der Waals surface area contributed by atoms with E-state index in [0.717, 1.165) is 22.2 Å². The van der Waals surface area contributed by atoms with Crippen LogP contribution in [0.5, 0.6) is 0 Å². The summed E-state index contributed by atoms with van der Waals surface area (Å²) in [6.07, 6.45) is 6.21. The van der Waals surface area contributed by atoms with Crippen molar-refractivity contribution in [1.82, 2.24) is 13.9 Å². The zero-order valence-electron chi connectivity index (χ0n) is 13.9. The Balaban J connectivity index is 1.49. The van der Waals surface area contributed by atoms with Crippen LogP contribution in [0.1, 0.15) is 12.8 Å². The third kappa shape index (κ3) is 3.27. The minimum atomic E-state index is -3.55. The van der Waals surface area contributed by atoms with Crippen molar-refractivity contribution in [3.63, 3.8) is 0 Å². The van der Waals surface area contributed by atoms with Crippen molar-refractivity contribution in [1.29, 1.82) is 0 Å². The molecule has 6 nitrogen and oxygen atoms in total. The normalized spacial score (nSPS) is 18.4. The molecule has 1 aliphatic rings. The molecule has 4 rings (SSSR count). The van der Waals surface area contributed by atoms with E-state index in [-0.39, 0.29) is 17.3 Å². The molecule has 9 heteroatoms. The van der Waals surface area contributed by atoms with Gasteiger partial charge in [0, 0.05) is 30.9 Å². The van der Waals surface area contributed by atoms with E-state index in [9.17, 15) is 13.5 Å². The molecular weight excluding hydrogens is 394 g/mol. The van der Waals surface area contributed by atoms with E-state index in [1.807, 2.05) is 22.9 Å². The van der Waals surface area contributed by atoms with E-state index >= 15 is 0 Å². The molecule has 0 aromatic carbocycles. The first-order valence-electron chi connectivity index (χ1n) is 8.24. The second-order valence-corrected chi connectivity index (χ2v) is 10.4.